The Morgan fingerprint density at radius 1 is 1.56 bits per heavy atom. The van der Waals surface area contributed by atoms with E-state index in [1.54, 1.807) is 6.92 Å². The molecule has 0 aliphatic heterocycles. The van der Waals surface area contributed by atoms with Crippen molar-refractivity contribution in [3.63, 3.8) is 0 Å². The number of aliphatic imine (C=N–C) groups is 1. The van der Waals surface area contributed by atoms with Crippen molar-refractivity contribution in [2.24, 2.45) is 22.7 Å². The van der Waals surface area contributed by atoms with Crippen molar-refractivity contribution in [1.82, 2.24) is 0 Å². The van der Waals surface area contributed by atoms with Crippen molar-refractivity contribution >= 4 is 12.2 Å². The predicted molar refractivity (Wildman–Crippen MR) is 70.2 cm³/mol. The fraction of sp³-hybridized carbons (Fsp3) is 0.786. The van der Waals surface area contributed by atoms with Crippen LogP contribution in [0.15, 0.2) is 4.99 Å². The van der Waals surface area contributed by atoms with Crippen LogP contribution in [0.1, 0.15) is 40.0 Å². The molecule has 0 bridgehead atoms. The standard InChI is InChI=1S/C14H22N2O2/c1-4-18-14(17)12(8-15)9-16-13-7-5-6-10(2)11(13)3/h9-13H,4-7H2,1-3H3/t10-,11+,12+,13-/m1/s1. The highest BCUT2D eigenvalue weighted by Gasteiger charge is 2.27. The fourth-order valence-corrected chi connectivity index (χ4v) is 2.34. The first-order valence-corrected chi connectivity index (χ1v) is 6.69. The van der Waals surface area contributed by atoms with E-state index in [4.69, 9.17) is 10.00 Å². The largest absolute Gasteiger partial charge is 0.465 e. The van der Waals surface area contributed by atoms with E-state index in [0.717, 1.165) is 6.42 Å². The number of rotatable bonds is 4. The highest BCUT2D eigenvalue weighted by atomic mass is 16.5. The molecule has 0 spiro atoms. The van der Waals surface area contributed by atoms with E-state index in [-0.39, 0.29) is 6.04 Å². The maximum atomic E-state index is 11.5. The minimum atomic E-state index is -0.866. The SMILES string of the molecule is CCOC(=O)[C@@H](C#N)C=N[C@@H]1CCC[C@@H](C)[C@@H]1C. The molecule has 1 rings (SSSR count). The molecule has 4 nitrogen and oxygen atoms in total. The molecule has 0 aromatic carbocycles. The molecule has 0 saturated heterocycles. The summed E-state index contributed by atoms with van der Waals surface area (Å²) in [4.78, 5) is 15.9. The van der Waals surface area contributed by atoms with Crippen molar-refractivity contribution in [2.75, 3.05) is 6.61 Å². The average molecular weight is 250 g/mol. The minimum absolute atomic E-state index is 0.235. The predicted octanol–water partition coefficient (Wildman–Crippen LogP) is 2.58. The topological polar surface area (TPSA) is 62.5 Å². The molecule has 1 fully saturated rings. The van der Waals surface area contributed by atoms with Crippen molar-refractivity contribution in [2.45, 2.75) is 46.1 Å². The summed E-state index contributed by atoms with van der Waals surface area (Å²) in [5, 5.41) is 8.93. The van der Waals surface area contributed by atoms with Crippen LogP contribution in [0.2, 0.25) is 0 Å². The van der Waals surface area contributed by atoms with Gasteiger partial charge < -0.3 is 4.74 Å². The third-order valence-corrected chi connectivity index (χ3v) is 3.77. The van der Waals surface area contributed by atoms with E-state index >= 15 is 0 Å². The third kappa shape index (κ3) is 3.83. The smallest absolute Gasteiger partial charge is 0.328 e. The van der Waals surface area contributed by atoms with Gasteiger partial charge in [-0.25, -0.2) is 0 Å². The van der Waals surface area contributed by atoms with Crippen LogP contribution in [-0.4, -0.2) is 24.8 Å². The van der Waals surface area contributed by atoms with Gasteiger partial charge in [0.2, 0.25) is 0 Å². The Kier molecular flexibility index (Phi) is 5.84. The minimum Gasteiger partial charge on any atom is -0.465 e. The van der Waals surface area contributed by atoms with E-state index in [1.165, 1.54) is 19.1 Å². The van der Waals surface area contributed by atoms with Gasteiger partial charge in [0.05, 0.1) is 18.7 Å². The molecule has 4 heteroatoms. The van der Waals surface area contributed by atoms with Crippen molar-refractivity contribution in [1.29, 1.82) is 5.26 Å². The van der Waals surface area contributed by atoms with Crippen LogP contribution in [0.25, 0.3) is 0 Å². The van der Waals surface area contributed by atoms with Gasteiger partial charge in [-0.1, -0.05) is 26.7 Å². The third-order valence-electron chi connectivity index (χ3n) is 3.77. The van der Waals surface area contributed by atoms with E-state index in [0.29, 0.717) is 18.4 Å². The molecule has 0 radical (unpaired) electrons. The maximum Gasteiger partial charge on any atom is 0.328 e. The zero-order valence-corrected chi connectivity index (χ0v) is 11.4. The Bertz CT molecular complexity index is 346. The molecule has 0 aromatic heterocycles. The van der Waals surface area contributed by atoms with Gasteiger partial charge in [-0.15, -0.1) is 0 Å². The van der Waals surface area contributed by atoms with Crippen LogP contribution in [0, 0.1) is 29.1 Å². The van der Waals surface area contributed by atoms with Gasteiger partial charge in [-0.05, 0) is 25.2 Å². The zero-order valence-electron chi connectivity index (χ0n) is 11.4. The second kappa shape index (κ2) is 7.15. The highest BCUT2D eigenvalue weighted by Crippen LogP contribution is 2.31. The van der Waals surface area contributed by atoms with Crippen molar-refractivity contribution in [3.05, 3.63) is 0 Å². The molecule has 18 heavy (non-hydrogen) atoms. The highest BCUT2D eigenvalue weighted by molar-refractivity contribution is 5.92. The molecule has 4 atom stereocenters. The van der Waals surface area contributed by atoms with E-state index in [9.17, 15) is 4.79 Å². The molecule has 0 amide bonds. The van der Waals surface area contributed by atoms with Crippen LogP contribution in [0.5, 0.6) is 0 Å². The number of carbonyl (C=O) groups excluding carboxylic acids is 1. The Hall–Kier alpha value is -1.37. The number of nitriles is 1. The normalized spacial score (nSPS) is 29.8. The molecule has 100 valence electrons. The Labute approximate surface area is 109 Å². The fourth-order valence-electron chi connectivity index (χ4n) is 2.34. The molecular weight excluding hydrogens is 228 g/mol. The summed E-state index contributed by atoms with van der Waals surface area (Å²) in [5.41, 5.74) is 0. The molecule has 0 N–H and O–H groups in total. The molecule has 1 aliphatic carbocycles. The molecular formula is C14H22N2O2. The van der Waals surface area contributed by atoms with Gasteiger partial charge in [0.1, 0.15) is 0 Å². The lowest BCUT2D eigenvalue weighted by Crippen LogP contribution is -2.28. The lowest BCUT2D eigenvalue weighted by Gasteiger charge is -2.31. The molecule has 0 heterocycles. The summed E-state index contributed by atoms with van der Waals surface area (Å²) in [6.45, 7) is 6.45. The Morgan fingerprint density at radius 3 is 2.89 bits per heavy atom. The second-order valence-corrected chi connectivity index (χ2v) is 4.99. The van der Waals surface area contributed by atoms with Crippen molar-refractivity contribution < 1.29 is 9.53 Å². The average Bonchev–Trinajstić information content (AvgIpc) is 2.35. The number of hydrogen-bond donors (Lipinski definition) is 0. The Morgan fingerprint density at radius 2 is 2.28 bits per heavy atom. The van der Waals surface area contributed by atoms with E-state index < -0.39 is 11.9 Å². The van der Waals surface area contributed by atoms with Gasteiger partial charge >= 0.3 is 5.97 Å². The first kappa shape index (κ1) is 14.7. The monoisotopic (exact) mass is 250 g/mol. The number of ether oxygens (including phenoxy) is 1. The van der Waals surface area contributed by atoms with E-state index in [1.807, 2.05) is 6.07 Å². The van der Waals surface area contributed by atoms with Crippen LogP contribution in [-0.2, 0) is 9.53 Å². The summed E-state index contributed by atoms with van der Waals surface area (Å²) in [7, 11) is 0. The number of esters is 1. The number of hydrogen-bond acceptors (Lipinski definition) is 4. The maximum absolute atomic E-state index is 11.5. The number of nitrogens with zero attached hydrogens (tertiary/aromatic N) is 2. The van der Waals surface area contributed by atoms with Gasteiger partial charge in [0.15, 0.2) is 5.92 Å². The van der Waals surface area contributed by atoms with Gasteiger partial charge in [0.25, 0.3) is 0 Å². The zero-order chi connectivity index (χ0) is 13.5. The first-order valence-electron chi connectivity index (χ1n) is 6.69. The summed E-state index contributed by atoms with van der Waals surface area (Å²) >= 11 is 0. The second-order valence-electron chi connectivity index (χ2n) is 4.99. The Balaban J connectivity index is 2.61. The summed E-state index contributed by atoms with van der Waals surface area (Å²) in [6.07, 6.45) is 4.93. The summed E-state index contributed by atoms with van der Waals surface area (Å²) in [5.74, 6) is -0.199. The first-order chi connectivity index (χ1) is 8.60. The van der Waals surface area contributed by atoms with Crippen LogP contribution < -0.4 is 0 Å². The lowest BCUT2D eigenvalue weighted by molar-refractivity contribution is -0.143. The molecule has 1 saturated carbocycles. The summed E-state index contributed by atoms with van der Waals surface area (Å²) in [6, 6.07) is 2.16. The van der Waals surface area contributed by atoms with Gasteiger partial charge in [0, 0.05) is 6.21 Å². The van der Waals surface area contributed by atoms with Gasteiger partial charge in [-0.3, -0.25) is 9.79 Å². The van der Waals surface area contributed by atoms with Crippen LogP contribution in [0.4, 0.5) is 0 Å². The van der Waals surface area contributed by atoms with Crippen LogP contribution in [0.3, 0.4) is 0 Å². The molecule has 1 aliphatic rings. The summed E-state index contributed by atoms with van der Waals surface area (Å²) < 4.78 is 4.83. The lowest BCUT2D eigenvalue weighted by atomic mass is 9.78. The quantitative estimate of drug-likeness (QED) is 0.569. The number of carbonyl (C=O) groups is 1. The molecule has 0 unspecified atom stereocenters. The molecule has 0 aromatic rings. The van der Waals surface area contributed by atoms with Crippen molar-refractivity contribution in [3.8, 4) is 6.07 Å². The van der Waals surface area contributed by atoms with Crippen LogP contribution >= 0.6 is 0 Å². The van der Waals surface area contributed by atoms with E-state index in [2.05, 4.69) is 18.8 Å². The van der Waals surface area contributed by atoms with Gasteiger partial charge in [-0.2, -0.15) is 5.26 Å².